The van der Waals surface area contributed by atoms with E-state index in [9.17, 15) is 4.79 Å². The summed E-state index contributed by atoms with van der Waals surface area (Å²) >= 11 is 0. The zero-order valence-electron chi connectivity index (χ0n) is 9.14. The van der Waals surface area contributed by atoms with Crippen LogP contribution in [-0.4, -0.2) is 27.8 Å². The molecule has 1 unspecified atom stereocenters. The van der Waals surface area contributed by atoms with E-state index in [0.717, 1.165) is 25.7 Å². The first kappa shape index (κ1) is 10.4. The zero-order valence-corrected chi connectivity index (χ0v) is 9.14. The van der Waals surface area contributed by atoms with Gasteiger partial charge in [-0.2, -0.15) is 5.10 Å². The summed E-state index contributed by atoms with van der Waals surface area (Å²) in [5.74, 6) is 0. The predicted molar refractivity (Wildman–Crippen MR) is 55.8 cm³/mol. The second-order valence-corrected chi connectivity index (χ2v) is 4.65. The molecule has 15 heavy (non-hydrogen) atoms. The minimum absolute atomic E-state index is 0.00862. The van der Waals surface area contributed by atoms with E-state index in [1.54, 1.807) is 17.1 Å². The molecule has 4 heteroatoms. The monoisotopic (exact) mass is 208 g/mol. The highest BCUT2D eigenvalue weighted by Gasteiger charge is 2.31. The summed E-state index contributed by atoms with van der Waals surface area (Å²) in [6.07, 6.45) is 6.50. The molecule has 4 nitrogen and oxygen atoms in total. The first-order chi connectivity index (χ1) is 7.09. The van der Waals surface area contributed by atoms with Crippen LogP contribution in [0.15, 0.2) is 12.4 Å². The maximum absolute atomic E-state index is 10.5. The van der Waals surface area contributed by atoms with E-state index in [2.05, 4.69) is 18.9 Å². The average Bonchev–Trinajstić information content (AvgIpc) is 2.73. The first-order valence-corrected chi connectivity index (χ1v) is 5.24. The molecule has 1 aliphatic rings. The highest BCUT2D eigenvalue weighted by atomic mass is 16.5. The molecule has 1 saturated heterocycles. The molecular formula is C11H16N2O2. The van der Waals surface area contributed by atoms with Gasteiger partial charge in [-0.3, -0.25) is 9.48 Å². The Morgan fingerprint density at radius 2 is 2.53 bits per heavy atom. The number of ether oxygens (including phenoxy) is 1. The van der Waals surface area contributed by atoms with E-state index in [4.69, 9.17) is 4.74 Å². The van der Waals surface area contributed by atoms with Crippen LogP contribution in [-0.2, 0) is 11.3 Å². The molecule has 1 aliphatic heterocycles. The van der Waals surface area contributed by atoms with Crippen LogP contribution in [0.5, 0.6) is 0 Å². The van der Waals surface area contributed by atoms with Gasteiger partial charge >= 0.3 is 0 Å². The van der Waals surface area contributed by atoms with Crippen molar-refractivity contribution in [3.8, 4) is 0 Å². The third-order valence-corrected chi connectivity index (χ3v) is 2.73. The number of carbonyl (C=O) groups excluding carboxylic acids is 1. The van der Waals surface area contributed by atoms with Crippen LogP contribution < -0.4 is 0 Å². The molecule has 1 fully saturated rings. The second-order valence-electron chi connectivity index (χ2n) is 4.65. The van der Waals surface area contributed by atoms with Crippen LogP contribution in [0.4, 0.5) is 0 Å². The van der Waals surface area contributed by atoms with Gasteiger partial charge in [0.05, 0.1) is 30.0 Å². The van der Waals surface area contributed by atoms with Crippen LogP contribution in [0, 0.1) is 0 Å². The van der Waals surface area contributed by atoms with Gasteiger partial charge in [-0.25, -0.2) is 0 Å². The van der Waals surface area contributed by atoms with Crippen molar-refractivity contribution in [2.24, 2.45) is 0 Å². The van der Waals surface area contributed by atoms with Crippen LogP contribution in [0.2, 0.25) is 0 Å². The van der Waals surface area contributed by atoms with E-state index in [1.165, 1.54) is 0 Å². The number of hydrogen-bond acceptors (Lipinski definition) is 3. The predicted octanol–water partition coefficient (Wildman–Crippen LogP) is 1.65. The Morgan fingerprint density at radius 3 is 3.07 bits per heavy atom. The van der Waals surface area contributed by atoms with Crippen molar-refractivity contribution in [3.05, 3.63) is 18.0 Å². The Kier molecular flexibility index (Phi) is 2.61. The molecule has 0 radical (unpaired) electrons. The summed E-state index contributed by atoms with van der Waals surface area (Å²) in [5.41, 5.74) is 0.609. The van der Waals surface area contributed by atoms with E-state index in [1.807, 2.05) is 0 Å². The third-order valence-electron chi connectivity index (χ3n) is 2.73. The average molecular weight is 208 g/mol. The molecule has 1 aromatic heterocycles. The van der Waals surface area contributed by atoms with E-state index in [0.29, 0.717) is 5.56 Å². The van der Waals surface area contributed by atoms with Gasteiger partial charge in [-0.15, -0.1) is 0 Å². The summed E-state index contributed by atoms with van der Waals surface area (Å²) < 4.78 is 7.62. The van der Waals surface area contributed by atoms with Gasteiger partial charge in [0.1, 0.15) is 0 Å². The van der Waals surface area contributed by atoms with Crippen LogP contribution in [0.1, 0.15) is 37.0 Å². The van der Waals surface area contributed by atoms with Gasteiger partial charge in [0.25, 0.3) is 0 Å². The Labute approximate surface area is 89.2 Å². The topological polar surface area (TPSA) is 44.1 Å². The molecule has 0 amide bonds. The molecule has 0 spiro atoms. The van der Waals surface area contributed by atoms with Crippen molar-refractivity contribution in [1.29, 1.82) is 0 Å². The van der Waals surface area contributed by atoms with Gasteiger partial charge in [-0.1, -0.05) is 0 Å². The largest absolute Gasteiger partial charge is 0.370 e. The summed E-state index contributed by atoms with van der Waals surface area (Å²) in [5, 5.41) is 4.10. The van der Waals surface area contributed by atoms with Gasteiger partial charge < -0.3 is 4.74 Å². The number of aromatic nitrogens is 2. The molecule has 0 aromatic carbocycles. The van der Waals surface area contributed by atoms with E-state index < -0.39 is 0 Å². The molecule has 2 heterocycles. The molecule has 0 bridgehead atoms. The first-order valence-electron chi connectivity index (χ1n) is 5.24. The number of carbonyl (C=O) groups is 1. The highest BCUT2D eigenvalue weighted by molar-refractivity contribution is 5.73. The quantitative estimate of drug-likeness (QED) is 0.709. The maximum Gasteiger partial charge on any atom is 0.153 e. The van der Waals surface area contributed by atoms with Gasteiger partial charge in [0, 0.05) is 6.20 Å². The number of aldehydes is 1. The van der Waals surface area contributed by atoms with Crippen molar-refractivity contribution in [3.63, 3.8) is 0 Å². The van der Waals surface area contributed by atoms with Gasteiger partial charge in [0.15, 0.2) is 6.29 Å². The SMILES string of the molecule is CC1(C)CCC(Cn2cc(C=O)cn2)O1. The fourth-order valence-corrected chi connectivity index (χ4v) is 1.96. The minimum Gasteiger partial charge on any atom is -0.370 e. The van der Waals surface area contributed by atoms with E-state index >= 15 is 0 Å². The Morgan fingerprint density at radius 1 is 1.73 bits per heavy atom. The molecule has 1 aromatic rings. The molecule has 0 aliphatic carbocycles. The summed E-state index contributed by atoms with van der Waals surface area (Å²) in [7, 11) is 0. The van der Waals surface area contributed by atoms with Gasteiger partial charge in [-0.05, 0) is 26.7 Å². The lowest BCUT2D eigenvalue weighted by molar-refractivity contribution is -0.0229. The molecule has 0 N–H and O–H groups in total. The lowest BCUT2D eigenvalue weighted by Crippen LogP contribution is -2.23. The highest BCUT2D eigenvalue weighted by Crippen LogP contribution is 2.29. The van der Waals surface area contributed by atoms with Crippen molar-refractivity contribution in [2.45, 2.75) is 44.9 Å². The van der Waals surface area contributed by atoms with Crippen molar-refractivity contribution < 1.29 is 9.53 Å². The summed E-state index contributed by atoms with van der Waals surface area (Å²) in [4.78, 5) is 10.5. The smallest absolute Gasteiger partial charge is 0.153 e. The summed E-state index contributed by atoms with van der Waals surface area (Å²) in [6.45, 7) is 4.94. The third kappa shape index (κ3) is 2.45. The van der Waals surface area contributed by atoms with Crippen LogP contribution in [0.25, 0.3) is 0 Å². The fourth-order valence-electron chi connectivity index (χ4n) is 1.96. The van der Waals surface area contributed by atoms with Crippen LogP contribution in [0.3, 0.4) is 0 Å². The van der Waals surface area contributed by atoms with E-state index in [-0.39, 0.29) is 11.7 Å². The Hall–Kier alpha value is -1.16. The maximum atomic E-state index is 10.5. The lowest BCUT2D eigenvalue weighted by atomic mass is 10.1. The number of hydrogen-bond donors (Lipinski definition) is 0. The molecular weight excluding hydrogens is 192 g/mol. The second kappa shape index (κ2) is 3.77. The standard InChI is InChI=1S/C11H16N2O2/c1-11(2)4-3-10(15-11)7-13-6-9(8-14)5-12-13/h5-6,8,10H,3-4,7H2,1-2H3. The molecule has 1 atom stereocenters. The number of rotatable bonds is 3. The van der Waals surface area contributed by atoms with Crippen molar-refractivity contribution in [2.75, 3.05) is 0 Å². The Bertz CT molecular complexity index is 357. The normalized spacial score (nSPS) is 24.3. The molecule has 82 valence electrons. The Balaban J connectivity index is 1.95. The fraction of sp³-hybridized carbons (Fsp3) is 0.636. The minimum atomic E-state index is -0.00862. The lowest BCUT2D eigenvalue weighted by Gasteiger charge is -2.19. The molecule has 0 saturated carbocycles. The summed E-state index contributed by atoms with van der Waals surface area (Å²) in [6, 6.07) is 0. The van der Waals surface area contributed by atoms with Crippen molar-refractivity contribution >= 4 is 6.29 Å². The zero-order chi connectivity index (χ0) is 10.9. The van der Waals surface area contributed by atoms with Crippen molar-refractivity contribution in [1.82, 2.24) is 9.78 Å². The number of nitrogens with zero attached hydrogens (tertiary/aromatic N) is 2. The van der Waals surface area contributed by atoms with Gasteiger partial charge in [0.2, 0.25) is 0 Å². The van der Waals surface area contributed by atoms with Crippen LogP contribution >= 0.6 is 0 Å². The molecule has 2 rings (SSSR count).